The van der Waals surface area contributed by atoms with Crippen molar-refractivity contribution in [3.63, 3.8) is 0 Å². The Hall–Kier alpha value is -4.03. The second-order valence-electron chi connectivity index (χ2n) is 16.7. The molecule has 4 aliphatic rings. The van der Waals surface area contributed by atoms with Gasteiger partial charge in [0.2, 0.25) is 23.5 Å². The molecule has 0 unspecified atom stereocenters. The number of hydrogen-bond acceptors (Lipinski definition) is 7. The van der Waals surface area contributed by atoms with Gasteiger partial charge >= 0.3 is 0 Å². The van der Waals surface area contributed by atoms with Gasteiger partial charge in [-0.3, -0.25) is 33.6 Å². The third kappa shape index (κ3) is 8.44. The van der Waals surface area contributed by atoms with E-state index in [0.29, 0.717) is 36.1 Å². The van der Waals surface area contributed by atoms with Crippen LogP contribution in [-0.4, -0.2) is 87.2 Å². The number of fused-ring (bicyclic) bond motifs is 2. The number of aryl methyl sites for hydroxylation is 1. The van der Waals surface area contributed by atoms with E-state index in [1.54, 1.807) is 18.7 Å². The SMILES string of the molecule is CCC[C@H](NC(=O)[C@@H]1[C@H]2CC[C@H](C2)N1C(=O)[C@@H](NC(=O)[C@@H](NC(=O)c1[nH]c(C)c(C)c1C(C)=O)C1CCCCC1)C(C)(C)C)C(=O)C(=O)NC1CC1. The van der Waals surface area contributed by atoms with E-state index < -0.39 is 59.0 Å². The average Bonchev–Trinajstić information content (AvgIpc) is 3.52. The van der Waals surface area contributed by atoms with Crippen LogP contribution >= 0.6 is 0 Å². The Balaban J connectivity index is 1.37. The lowest BCUT2D eigenvalue weighted by Crippen LogP contribution is -2.64. The van der Waals surface area contributed by atoms with Gasteiger partial charge in [-0.05, 0) is 95.0 Å². The molecule has 3 saturated carbocycles. The highest BCUT2D eigenvalue weighted by Gasteiger charge is 2.54. The van der Waals surface area contributed by atoms with Gasteiger partial charge in [0.05, 0.1) is 11.6 Å². The Labute approximate surface area is 306 Å². The molecule has 286 valence electrons. The van der Waals surface area contributed by atoms with E-state index in [-0.39, 0.29) is 41.3 Å². The van der Waals surface area contributed by atoms with E-state index in [4.69, 9.17) is 0 Å². The molecule has 1 saturated heterocycles. The van der Waals surface area contributed by atoms with E-state index in [0.717, 1.165) is 57.8 Å². The number of aromatic amines is 1. The summed E-state index contributed by atoms with van der Waals surface area (Å²) in [5.41, 5.74) is 1.01. The van der Waals surface area contributed by atoms with Crippen LogP contribution in [0.5, 0.6) is 0 Å². The fraction of sp³-hybridized carbons (Fsp3) is 0.718. The summed E-state index contributed by atoms with van der Waals surface area (Å²) < 4.78 is 0. The van der Waals surface area contributed by atoms with Gasteiger partial charge in [-0.25, -0.2) is 0 Å². The van der Waals surface area contributed by atoms with Crippen molar-refractivity contribution < 1.29 is 33.6 Å². The first-order valence-electron chi connectivity index (χ1n) is 19.3. The van der Waals surface area contributed by atoms with Crippen LogP contribution < -0.4 is 21.3 Å². The maximum absolute atomic E-state index is 14.7. The van der Waals surface area contributed by atoms with E-state index in [2.05, 4.69) is 26.3 Å². The Bertz CT molecular complexity index is 1580. The quantitative estimate of drug-likeness (QED) is 0.144. The predicted octanol–water partition coefficient (Wildman–Crippen LogP) is 3.56. The monoisotopic (exact) mass is 722 g/mol. The molecule has 13 nitrogen and oxygen atoms in total. The number of rotatable bonds is 14. The van der Waals surface area contributed by atoms with Gasteiger partial charge in [0.15, 0.2) is 5.78 Å². The zero-order valence-corrected chi connectivity index (χ0v) is 31.9. The first-order chi connectivity index (χ1) is 24.5. The summed E-state index contributed by atoms with van der Waals surface area (Å²) in [4.78, 5) is 99.7. The molecule has 52 heavy (non-hydrogen) atoms. The molecule has 0 aromatic carbocycles. The highest BCUT2D eigenvalue weighted by atomic mass is 16.2. The molecule has 1 aliphatic heterocycles. The number of Topliss-reactive ketones (excluding diaryl/α,β-unsaturated/α-hetero) is 2. The molecule has 2 heterocycles. The van der Waals surface area contributed by atoms with Crippen LogP contribution in [0.25, 0.3) is 0 Å². The zero-order chi connectivity index (χ0) is 38.1. The van der Waals surface area contributed by atoms with Crippen molar-refractivity contribution >= 4 is 41.1 Å². The molecule has 5 N–H and O–H groups in total. The predicted molar refractivity (Wildman–Crippen MR) is 194 cm³/mol. The topological polar surface area (TPSA) is 187 Å². The second-order valence-corrected chi connectivity index (χ2v) is 16.7. The van der Waals surface area contributed by atoms with Crippen LogP contribution in [0, 0.1) is 31.1 Å². The lowest BCUT2D eigenvalue weighted by Gasteiger charge is -2.41. The molecule has 5 rings (SSSR count). The fourth-order valence-electron chi connectivity index (χ4n) is 8.54. The standard InChI is InChI=1S/C39H58N6O7/c1-8-12-27(32(47)37(51)41-25-16-17-25)42-36(50)31-24-15-18-26(19-24)45(31)38(52)33(39(5,6)7)44-34(48)29(23-13-10-9-11-14-23)43-35(49)30-28(22(4)46)20(2)21(3)40-30/h23-27,29,31,33,40H,8-19H2,1-7H3,(H,41,51)(H,42,50)(H,43,49)(H,44,48)/t24-,26+,27-,29-,31-,33+/m0/s1. The van der Waals surface area contributed by atoms with Crippen LogP contribution in [0.3, 0.4) is 0 Å². The molecule has 0 spiro atoms. The molecule has 1 aromatic heterocycles. The Morgan fingerprint density at radius 1 is 0.885 bits per heavy atom. The lowest BCUT2D eigenvalue weighted by atomic mass is 9.81. The number of nitrogens with one attached hydrogen (secondary N) is 5. The van der Waals surface area contributed by atoms with Gasteiger partial charge in [-0.2, -0.15) is 0 Å². The highest BCUT2D eigenvalue weighted by Crippen LogP contribution is 2.44. The number of likely N-dealkylation sites (tertiary alicyclic amines) is 1. The van der Waals surface area contributed by atoms with Gasteiger partial charge in [-0.1, -0.05) is 53.4 Å². The summed E-state index contributed by atoms with van der Waals surface area (Å²) in [6, 6.07) is -4.02. The molecule has 3 aliphatic carbocycles. The van der Waals surface area contributed by atoms with Crippen molar-refractivity contribution in [3.05, 3.63) is 22.5 Å². The van der Waals surface area contributed by atoms with Crippen molar-refractivity contribution in [2.75, 3.05) is 0 Å². The number of carbonyl (C=O) groups excluding carboxylic acids is 7. The van der Waals surface area contributed by atoms with Gasteiger partial charge < -0.3 is 31.2 Å². The average molecular weight is 723 g/mol. The molecule has 6 atom stereocenters. The Kier molecular flexibility index (Phi) is 12.0. The first kappa shape index (κ1) is 39.2. The van der Waals surface area contributed by atoms with E-state index in [1.807, 2.05) is 27.7 Å². The molecule has 1 aromatic rings. The summed E-state index contributed by atoms with van der Waals surface area (Å²) in [5.74, 6) is -3.81. The number of ketones is 2. The van der Waals surface area contributed by atoms with E-state index in [9.17, 15) is 33.6 Å². The summed E-state index contributed by atoms with van der Waals surface area (Å²) in [7, 11) is 0. The van der Waals surface area contributed by atoms with Crippen molar-refractivity contribution in [1.29, 1.82) is 0 Å². The van der Waals surface area contributed by atoms with Crippen molar-refractivity contribution in [1.82, 2.24) is 31.2 Å². The Morgan fingerprint density at radius 3 is 2.15 bits per heavy atom. The molecule has 5 amide bonds. The molecule has 4 fully saturated rings. The molecule has 2 bridgehead atoms. The number of amides is 5. The van der Waals surface area contributed by atoms with Gasteiger partial charge in [0.1, 0.15) is 23.8 Å². The number of carbonyl (C=O) groups is 7. The number of piperidine rings is 1. The third-order valence-corrected chi connectivity index (χ3v) is 11.6. The zero-order valence-electron chi connectivity index (χ0n) is 31.9. The smallest absolute Gasteiger partial charge is 0.289 e. The summed E-state index contributed by atoms with van der Waals surface area (Å²) in [5, 5.41) is 11.5. The minimum absolute atomic E-state index is 0.00330. The van der Waals surface area contributed by atoms with Crippen LogP contribution in [0.4, 0.5) is 0 Å². The number of nitrogens with zero attached hydrogens (tertiary/aromatic N) is 1. The normalized spacial score (nSPS) is 23.4. The third-order valence-electron chi connectivity index (χ3n) is 11.6. The van der Waals surface area contributed by atoms with Crippen LogP contribution in [0.15, 0.2) is 0 Å². The summed E-state index contributed by atoms with van der Waals surface area (Å²) in [6.45, 7) is 12.4. The first-order valence-corrected chi connectivity index (χ1v) is 19.3. The summed E-state index contributed by atoms with van der Waals surface area (Å²) in [6.07, 6.45) is 8.93. The minimum atomic E-state index is -1.03. The summed E-state index contributed by atoms with van der Waals surface area (Å²) >= 11 is 0. The number of hydrogen-bond donors (Lipinski definition) is 5. The molecular weight excluding hydrogens is 664 g/mol. The van der Waals surface area contributed by atoms with Crippen molar-refractivity contribution in [2.24, 2.45) is 17.3 Å². The van der Waals surface area contributed by atoms with Crippen molar-refractivity contribution in [3.8, 4) is 0 Å². The number of aromatic nitrogens is 1. The molecule has 0 radical (unpaired) electrons. The highest BCUT2D eigenvalue weighted by molar-refractivity contribution is 6.38. The fourth-order valence-corrected chi connectivity index (χ4v) is 8.54. The van der Waals surface area contributed by atoms with Gasteiger partial charge in [-0.15, -0.1) is 0 Å². The second kappa shape index (κ2) is 15.9. The Morgan fingerprint density at radius 2 is 1.56 bits per heavy atom. The minimum Gasteiger partial charge on any atom is -0.354 e. The van der Waals surface area contributed by atoms with E-state index >= 15 is 0 Å². The maximum atomic E-state index is 14.7. The van der Waals surface area contributed by atoms with Gasteiger partial charge in [0.25, 0.3) is 11.8 Å². The van der Waals surface area contributed by atoms with E-state index in [1.165, 1.54) is 6.92 Å². The number of H-pyrrole nitrogens is 1. The lowest BCUT2D eigenvalue weighted by molar-refractivity contribution is -0.149. The van der Waals surface area contributed by atoms with Crippen LogP contribution in [0.1, 0.15) is 144 Å². The molecular formula is C39H58N6O7. The maximum Gasteiger partial charge on any atom is 0.289 e. The largest absolute Gasteiger partial charge is 0.354 e. The van der Waals surface area contributed by atoms with Gasteiger partial charge in [0, 0.05) is 17.8 Å². The molecule has 13 heteroatoms. The van der Waals surface area contributed by atoms with Crippen LogP contribution in [0.2, 0.25) is 0 Å². The van der Waals surface area contributed by atoms with Crippen LogP contribution in [-0.2, 0) is 24.0 Å². The van der Waals surface area contributed by atoms with Crippen molar-refractivity contribution in [2.45, 2.75) is 162 Å².